The van der Waals surface area contributed by atoms with Crippen LogP contribution in [0.15, 0.2) is 83.0 Å². The van der Waals surface area contributed by atoms with Crippen molar-refractivity contribution in [1.82, 2.24) is 0 Å². The van der Waals surface area contributed by atoms with Crippen LogP contribution in [0.5, 0.6) is 11.5 Å². The van der Waals surface area contributed by atoms with Crippen LogP contribution >= 0.6 is 0 Å². The summed E-state index contributed by atoms with van der Waals surface area (Å²) in [5.74, 6) is 1.38. The van der Waals surface area contributed by atoms with E-state index in [2.05, 4.69) is 21.6 Å². The van der Waals surface area contributed by atoms with Crippen molar-refractivity contribution in [2.75, 3.05) is 5.32 Å². The molecule has 3 aromatic rings. The molecule has 0 aliphatic rings. The van der Waals surface area contributed by atoms with Gasteiger partial charge < -0.3 is 10.1 Å². The average Bonchev–Trinajstić information content (AvgIpc) is 2.63. The topological polar surface area (TPSA) is 63.0 Å². The summed E-state index contributed by atoms with van der Waals surface area (Å²) in [4.78, 5) is 11.0. The number of nitrogens with zero attached hydrogens (tertiary/aromatic N) is 2. The first-order valence-corrected chi connectivity index (χ1v) is 7.72. The zero-order chi connectivity index (χ0) is 17.5. The normalized spacial score (nSPS) is 10.6. The third-order valence-corrected chi connectivity index (χ3v) is 3.23. The van der Waals surface area contributed by atoms with Crippen LogP contribution in [0.4, 0.5) is 17.1 Å². The lowest BCUT2D eigenvalue weighted by Crippen LogP contribution is -2.04. The summed E-state index contributed by atoms with van der Waals surface area (Å²) in [5, 5.41) is 11.1. The van der Waals surface area contributed by atoms with Gasteiger partial charge in [-0.15, -0.1) is 0 Å². The van der Waals surface area contributed by atoms with Crippen molar-refractivity contribution in [3.8, 4) is 11.5 Å². The van der Waals surface area contributed by atoms with Gasteiger partial charge in [0.2, 0.25) is 5.91 Å². The molecule has 1 amide bonds. The van der Waals surface area contributed by atoms with E-state index in [1.54, 1.807) is 36.4 Å². The van der Waals surface area contributed by atoms with Gasteiger partial charge in [-0.05, 0) is 66.7 Å². The highest BCUT2D eigenvalue weighted by molar-refractivity contribution is 5.88. The molecule has 0 heterocycles. The van der Waals surface area contributed by atoms with Crippen molar-refractivity contribution in [2.45, 2.75) is 6.92 Å². The van der Waals surface area contributed by atoms with E-state index in [-0.39, 0.29) is 5.91 Å². The van der Waals surface area contributed by atoms with E-state index in [0.717, 1.165) is 22.9 Å². The quantitative estimate of drug-likeness (QED) is 0.614. The van der Waals surface area contributed by atoms with E-state index in [4.69, 9.17) is 4.74 Å². The second kappa shape index (κ2) is 7.88. The molecule has 0 aliphatic heterocycles. The van der Waals surface area contributed by atoms with Gasteiger partial charge in [0.15, 0.2) is 0 Å². The Morgan fingerprint density at radius 1 is 0.840 bits per heavy atom. The van der Waals surface area contributed by atoms with Crippen LogP contribution in [0.3, 0.4) is 0 Å². The van der Waals surface area contributed by atoms with Crippen molar-refractivity contribution in [3.63, 3.8) is 0 Å². The standard InChI is InChI=1S/C20H16N3O2/c1-15(24)21-16-7-9-17(10-8-16)22-23-18-11-13-20(14-12-18)25-19-5-3-2-4-6-19/h3-14H,1H3,(H,21,24)/b23-22+. The molecule has 0 fully saturated rings. The maximum atomic E-state index is 11.0. The molecule has 3 rings (SSSR count). The summed E-state index contributed by atoms with van der Waals surface area (Å²) in [6, 6.07) is 24.7. The Hall–Kier alpha value is -3.47. The van der Waals surface area contributed by atoms with Gasteiger partial charge in [0, 0.05) is 12.6 Å². The summed E-state index contributed by atoms with van der Waals surface area (Å²) in [7, 11) is 0. The van der Waals surface area contributed by atoms with Crippen LogP contribution in [-0.2, 0) is 4.79 Å². The number of hydrogen-bond donors (Lipinski definition) is 1. The van der Waals surface area contributed by atoms with Crippen LogP contribution in [-0.4, -0.2) is 5.91 Å². The number of amides is 1. The molecule has 1 N–H and O–H groups in total. The predicted octanol–water partition coefficient (Wildman–Crippen LogP) is 5.65. The fourth-order valence-corrected chi connectivity index (χ4v) is 2.09. The Morgan fingerprint density at radius 2 is 1.36 bits per heavy atom. The third-order valence-electron chi connectivity index (χ3n) is 3.23. The van der Waals surface area contributed by atoms with Crippen LogP contribution < -0.4 is 10.1 Å². The molecule has 0 aliphatic carbocycles. The van der Waals surface area contributed by atoms with Crippen LogP contribution in [0, 0.1) is 6.07 Å². The maximum Gasteiger partial charge on any atom is 0.221 e. The third kappa shape index (κ3) is 5.00. The Balaban J connectivity index is 1.62. The highest BCUT2D eigenvalue weighted by Crippen LogP contribution is 2.25. The smallest absolute Gasteiger partial charge is 0.221 e. The first kappa shape index (κ1) is 16.4. The minimum atomic E-state index is -0.106. The highest BCUT2D eigenvalue weighted by atomic mass is 16.5. The molecular weight excluding hydrogens is 314 g/mol. The van der Waals surface area contributed by atoms with Crippen LogP contribution in [0.2, 0.25) is 0 Å². The Bertz CT molecular complexity index is 858. The Morgan fingerprint density at radius 3 is 1.92 bits per heavy atom. The van der Waals surface area contributed by atoms with Gasteiger partial charge in [-0.25, -0.2) is 0 Å². The number of nitrogens with one attached hydrogen (secondary N) is 1. The first-order chi connectivity index (χ1) is 12.2. The fraction of sp³-hybridized carbons (Fsp3) is 0.0500. The molecule has 123 valence electrons. The van der Waals surface area contributed by atoms with Gasteiger partial charge in [0.25, 0.3) is 0 Å². The highest BCUT2D eigenvalue weighted by Gasteiger charge is 1.98. The zero-order valence-electron chi connectivity index (χ0n) is 13.6. The molecule has 0 aromatic heterocycles. The van der Waals surface area contributed by atoms with Crippen molar-refractivity contribution in [1.29, 1.82) is 0 Å². The number of carbonyl (C=O) groups is 1. The van der Waals surface area contributed by atoms with E-state index < -0.39 is 0 Å². The van der Waals surface area contributed by atoms with Crippen LogP contribution in [0.25, 0.3) is 0 Å². The molecule has 0 spiro atoms. The number of ether oxygens (including phenoxy) is 1. The SMILES string of the molecule is CC(=O)Nc1ccc(/N=N/c2ccc(Oc3cc[c]cc3)cc2)cc1. The molecule has 0 unspecified atom stereocenters. The van der Waals surface area contributed by atoms with E-state index in [0.29, 0.717) is 5.69 Å². The maximum absolute atomic E-state index is 11.0. The lowest BCUT2D eigenvalue weighted by atomic mass is 10.3. The van der Waals surface area contributed by atoms with E-state index in [9.17, 15) is 4.79 Å². The van der Waals surface area contributed by atoms with Gasteiger partial charge in [0.1, 0.15) is 11.5 Å². The molecule has 5 heteroatoms. The fourth-order valence-electron chi connectivity index (χ4n) is 2.09. The first-order valence-electron chi connectivity index (χ1n) is 7.72. The molecular formula is C20H16N3O2. The predicted molar refractivity (Wildman–Crippen MR) is 96.7 cm³/mol. The van der Waals surface area contributed by atoms with E-state index in [1.807, 2.05) is 36.4 Å². The molecule has 1 radical (unpaired) electrons. The number of hydrogen-bond acceptors (Lipinski definition) is 4. The summed E-state index contributed by atoms with van der Waals surface area (Å²) < 4.78 is 5.71. The van der Waals surface area contributed by atoms with Crippen molar-refractivity contribution < 1.29 is 9.53 Å². The molecule has 0 saturated carbocycles. The molecule has 3 aromatic carbocycles. The molecule has 5 nitrogen and oxygen atoms in total. The molecule has 0 saturated heterocycles. The summed E-state index contributed by atoms with van der Waals surface area (Å²) in [5.41, 5.74) is 2.15. The lowest BCUT2D eigenvalue weighted by molar-refractivity contribution is -0.114. The second-order valence-electron chi connectivity index (χ2n) is 5.26. The molecule has 0 atom stereocenters. The van der Waals surface area contributed by atoms with Crippen molar-refractivity contribution in [3.05, 3.63) is 78.9 Å². The Kier molecular flexibility index (Phi) is 5.16. The van der Waals surface area contributed by atoms with E-state index in [1.165, 1.54) is 6.92 Å². The Labute approximate surface area is 146 Å². The van der Waals surface area contributed by atoms with E-state index >= 15 is 0 Å². The van der Waals surface area contributed by atoms with Gasteiger partial charge in [-0.1, -0.05) is 12.1 Å². The van der Waals surface area contributed by atoms with Crippen molar-refractivity contribution in [2.24, 2.45) is 10.2 Å². The summed E-state index contributed by atoms with van der Waals surface area (Å²) in [6.45, 7) is 1.47. The van der Waals surface area contributed by atoms with Gasteiger partial charge in [-0.2, -0.15) is 10.2 Å². The number of azo groups is 1. The summed E-state index contributed by atoms with van der Waals surface area (Å²) >= 11 is 0. The number of anilines is 1. The van der Waals surface area contributed by atoms with Gasteiger partial charge in [-0.3, -0.25) is 4.79 Å². The number of benzene rings is 3. The zero-order valence-corrected chi connectivity index (χ0v) is 13.6. The molecule has 25 heavy (non-hydrogen) atoms. The average molecular weight is 330 g/mol. The van der Waals surface area contributed by atoms with Gasteiger partial charge >= 0.3 is 0 Å². The number of carbonyl (C=O) groups excluding carboxylic acids is 1. The minimum Gasteiger partial charge on any atom is -0.457 e. The number of rotatable bonds is 5. The van der Waals surface area contributed by atoms with Crippen LogP contribution in [0.1, 0.15) is 6.92 Å². The summed E-state index contributed by atoms with van der Waals surface area (Å²) in [6.07, 6.45) is 0. The molecule has 0 bridgehead atoms. The van der Waals surface area contributed by atoms with Crippen molar-refractivity contribution >= 4 is 23.0 Å². The largest absolute Gasteiger partial charge is 0.457 e. The lowest BCUT2D eigenvalue weighted by Gasteiger charge is -2.04. The monoisotopic (exact) mass is 330 g/mol. The minimum absolute atomic E-state index is 0.106. The second-order valence-corrected chi connectivity index (χ2v) is 5.26. The van der Waals surface area contributed by atoms with Gasteiger partial charge in [0.05, 0.1) is 11.4 Å².